The van der Waals surface area contributed by atoms with Crippen LogP contribution in [0.1, 0.15) is 16.7 Å². The van der Waals surface area contributed by atoms with E-state index < -0.39 is 11.7 Å². The van der Waals surface area contributed by atoms with E-state index in [1.165, 1.54) is 12.1 Å². The maximum absolute atomic E-state index is 12.5. The van der Waals surface area contributed by atoms with Crippen LogP contribution < -0.4 is 0 Å². The summed E-state index contributed by atoms with van der Waals surface area (Å²) in [5, 5.41) is 4.36. The molecule has 0 fully saturated rings. The van der Waals surface area contributed by atoms with Gasteiger partial charge in [0.05, 0.1) is 12.1 Å². The topological polar surface area (TPSA) is 30.7 Å². The van der Waals surface area contributed by atoms with Gasteiger partial charge >= 0.3 is 6.18 Å². The Morgan fingerprint density at radius 2 is 1.61 bits per heavy atom. The van der Waals surface area contributed by atoms with Crippen LogP contribution in [0, 0.1) is 6.92 Å². The molecule has 0 bridgehead atoms. The van der Waals surface area contributed by atoms with Gasteiger partial charge in [0, 0.05) is 5.56 Å². The van der Waals surface area contributed by atoms with Crippen molar-refractivity contribution in [2.24, 2.45) is 0 Å². The number of hydrogen-bond donors (Lipinski definition) is 0. The highest BCUT2D eigenvalue weighted by Gasteiger charge is 2.29. The Bertz CT molecular complexity index is 787. The van der Waals surface area contributed by atoms with E-state index in [1.54, 1.807) is 11.0 Å². The Kier molecular flexibility index (Phi) is 3.90. The van der Waals surface area contributed by atoms with Gasteiger partial charge in [-0.1, -0.05) is 42.0 Å². The molecule has 0 amide bonds. The molecular weight excluding hydrogens is 303 g/mol. The number of nitrogens with zero attached hydrogens (tertiary/aromatic N) is 3. The van der Waals surface area contributed by atoms with Crippen molar-refractivity contribution in [3.8, 4) is 11.4 Å². The lowest BCUT2D eigenvalue weighted by molar-refractivity contribution is -0.137. The van der Waals surface area contributed by atoms with Crippen molar-refractivity contribution < 1.29 is 13.2 Å². The second-order valence-electron chi connectivity index (χ2n) is 5.33. The Morgan fingerprint density at radius 3 is 2.22 bits per heavy atom. The molecule has 2 aromatic carbocycles. The average molecular weight is 317 g/mol. The van der Waals surface area contributed by atoms with Crippen molar-refractivity contribution in [1.82, 2.24) is 14.8 Å². The third-order valence-electron chi connectivity index (χ3n) is 3.47. The van der Waals surface area contributed by atoms with Crippen molar-refractivity contribution in [2.45, 2.75) is 19.6 Å². The van der Waals surface area contributed by atoms with E-state index in [2.05, 4.69) is 10.1 Å². The van der Waals surface area contributed by atoms with Gasteiger partial charge in [0.2, 0.25) is 0 Å². The van der Waals surface area contributed by atoms with Gasteiger partial charge < -0.3 is 0 Å². The Labute approximate surface area is 131 Å². The standard InChI is InChI=1S/C17H14F3N3/c1-12-2-6-14(7-3-12)16-21-11-23(22-16)10-13-4-8-15(9-5-13)17(18,19)20/h2-9,11H,10H2,1H3. The van der Waals surface area contributed by atoms with Crippen molar-refractivity contribution in [2.75, 3.05) is 0 Å². The lowest BCUT2D eigenvalue weighted by Gasteiger charge is -2.07. The molecule has 3 aromatic rings. The molecule has 23 heavy (non-hydrogen) atoms. The maximum Gasteiger partial charge on any atom is 0.416 e. The minimum atomic E-state index is -4.32. The first-order valence-corrected chi connectivity index (χ1v) is 7.04. The molecular formula is C17H14F3N3. The van der Waals surface area contributed by atoms with Crippen LogP contribution >= 0.6 is 0 Å². The van der Waals surface area contributed by atoms with E-state index in [1.807, 2.05) is 31.2 Å². The minimum Gasteiger partial charge on any atom is -0.248 e. The summed E-state index contributed by atoms with van der Waals surface area (Å²) < 4.78 is 39.2. The molecule has 0 atom stereocenters. The molecule has 0 spiro atoms. The normalized spacial score (nSPS) is 11.7. The summed E-state index contributed by atoms with van der Waals surface area (Å²) in [5.74, 6) is 0.594. The monoisotopic (exact) mass is 317 g/mol. The van der Waals surface area contributed by atoms with E-state index in [0.29, 0.717) is 12.4 Å². The highest BCUT2D eigenvalue weighted by molar-refractivity contribution is 5.54. The molecule has 3 rings (SSSR count). The van der Waals surface area contributed by atoms with Gasteiger partial charge in [-0.2, -0.15) is 18.3 Å². The van der Waals surface area contributed by atoms with E-state index >= 15 is 0 Å². The van der Waals surface area contributed by atoms with Crippen molar-refractivity contribution in [1.29, 1.82) is 0 Å². The van der Waals surface area contributed by atoms with Gasteiger partial charge in [-0.25, -0.2) is 9.67 Å². The smallest absolute Gasteiger partial charge is 0.248 e. The summed E-state index contributed by atoms with van der Waals surface area (Å²) in [7, 11) is 0. The quantitative estimate of drug-likeness (QED) is 0.720. The third kappa shape index (κ3) is 3.59. The summed E-state index contributed by atoms with van der Waals surface area (Å²) in [5.41, 5.74) is 2.14. The van der Waals surface area contributed by atoms with Crippen LogP contribution in [0.2, 0.25) is 0 Å². The van der Waals surface area contributed by atoms with Crippen LogP contribution in [0.15, 0.2) is 54.9 Å². The molecule has 1 heterocycles. The van der Waals surface area contributed by atoms with Gasteiger partial charge in [0.15, 0.2) is 5.82 Å². The minimum absolute atomic E-state index is 0.372. The Morgan fingerprint density at radius 1 is 0.957 bits per heavy atom. The summed E-state index contributed by atoms with van der Waals surface area (Å²) in [6.07, 6.45) is -2.74. The van der Waals surface area contributed by atoms with Crippen LogP contribution in [0.3, 0.4) is 0 Å². The fourth-order valence-corrected chi connectivity index (χ4v) is 2.19. The summed E-state index contributed by atoms with van der Waals surface area (Å²) in [6, 6.07) is 12.9. The molecule has 1 aromatic heterocycles. The predicted octanol–water partition coefficient (Wildman–Crippen LogP) is 4.32. The molecule has 0 aliphatic heterocycles. The van der Waals surface area contributed by atoms with Gasteiger partial charge in [-0.15, -0.1) is 0 Å². The Hall–Kier alpha value is -2.63. The highest BCUT2D eigenvalue weighted by atomic mass is 19.4. The molecule has 0 N–H and O–H groups in total. The Balaban J connectivity index is 1.75. The number of aryl methyl sites for hydroxylation is 1. The number of benzene rings is 2. The van der Waals surface area contributed by atoms with Gasteiger partial charge in [0.1, 0.15) is 6.33 Å². The van der Waals surface area contributed by atoms with Crippen molar-refractivity contribution in [3.05, 3.63) is 71.5 Å². The lowest BCUT2D eigenvalue weighted by Crippen LogP contribution is -2.05. The zero-order valence-electron chi connectivity index (χ0n) is 12.4. The van der Waals surface area contributed by atoms with Gasteiger partial charge in [-0.3, -0.25) is 0 Å². The molecule has 0 aliphatic rings. The zero-order valence-corrected chi connectivity index (χ0v) is 12.4. The van der Waals surface area contributed by atoms with Crippen LogP contribution in [0.5, 0.6) is 0 Å². The number of alkyl halides is 3. The molecule has 0 saturated heterocycles. The van der Waals surface area contributed by atoms with Crippen LogP contribution in [-0.4, -0.2) is 14.8 Å². The first-order valence-electron chi connectivity index (χ1n) is 7.04. The van der Waals surface area contributed by atoms with E-state index in [4.69, 9.17) is 0 Å². The van der Waals surface area contributed by atoms with E-state index in [0.717, 1.165) is 28.8 Å². The third-order valence-corrected chi connectivity index (χ3v) is 3.47. The van der Waals surface area contributed by atoms with Crippen LogP contribution in [0.4, 0.5) is 13.2 Å². The summed E-state index contributed by atoms with van der Waals surface area (Å²) >= 11 is 0. The lowest BCUT2D eigenvalue weighted by atomic mass is 10.1. The molecule has 0 radical (unpaired) electrons. The van der Waals surface area contributed by atoms with E-state index in [-0.39, 0.29) is 0 Å². The SMILES string of the molecule is Cc1ccc(-c2ncn(Cc3ccc(C(F)(F)F)cc3)n2)cc1. The second-order valence-corrected chi connectivity index (χ2v) is 5.33. The largest absolute Gasteiger partial charge is 0.416 e. The molecule has 0 aliphatic carbocycles. The summed E-state index contributed by atoms with van der Waals surface area (Å²) in [4.78, 5) is 4.24. The van der Waals surface area contributed by atoms with Crippen molar-refractivity contribution >= 4 is 0 Å². The molecule has 0 saturated carbocycles. The first kappa shape index (κ1) is 15.3. The summed E-state index contributed by atoms with van der Waals surface area (Å²) in [6.45, 7) is 2.37. The second kappa shape index (κ2) is 5.87. The predicted molar refractivity (Wildman–Crippen MR) is 80.7 cm³/mol. The van der Waals surface area contributed by atoms with E-state index in [9.17, 15) is 13.2 Å². The molecule has 3 nitrogen and oxygen atoms in total. The molecule has 0 unspecified atom stereocenters. The molecule has 118 valence electrons. The first-order chi connectivity index (χ1) is 10.9. The molecule has 6 heteroatoms. The number of hydrogen-bond acceptors (Lipinski definition) is 2. The number of aromatic nitrogens is 3. The highest BCUT2D eigenvalue weighted by Crippen LogP contribution is 2.29. The fraction of sp³-hybridized carbons (Fsp3) is 0.176. The van der Waals surface area contributed by atoms with Crippen molar-refractivity contribution in [3.63, 3.8) is 0 Å². The number of rotatable bonds is 3. The zero-order chi connectivity index (χ0) is 16.4. The van der Waals surface area contributed by atoms with Crippen LogP contribution in [-0.2, 0) is 12.7 Å². The van der Waals surface area contributed by atoms with Gasteiger partial charge in [-0.05, 0) is 24.6 Å². The van der Waals surface area contributed by atoms with Crippen LogP contribution in [0.25, 0.3) is 11.4 Å². The maximum atomic E-state index is 12.5. The van der Waals surface area contributed by atoms with Gasteiger partial charge in [0.25, 0.3) is 0 Å². The fourth-order valence-electron chi connectivity index (χ4n) is 2.19. The average Bonchev–Trinajstić information content (AvgIpc) is 2.96. The number of halogens is 3.